The molecule has 0 saturated carbocycles. The van der Waals surface area contributed by atoms with Crippen molar-refractivity contribution in [2.45, 2.75) is 24.3 Å². The van der Waals surface area contributed by atoms with Crippen LogP contribution in [-0.2, 0) is 40.5 Å². The molecule has 1 atom stereocenters. The van der Waals surface area contributed by atoms with E-state index in [1.807, 2.05) is 36.4 Å². The topological polar surface area (TPSA) is 119 Å². The van der Waals surface area contributed by atoms with Crippen molar-refractivity contribution >= 4 is 38.3 Å². The lowest BCUT2D eigenvalue weighted by Crippen LogP contribution is -2.18. The molecule has 3 aromatic rings. The minimum absolute atomic E-state index is 0.114. The second-order valence-corrected chi connectivity index (χ2v) is 10.5. The summed E-state index contributed by atoms with van der Waals surface area (Å²) in [4.78, 5) is -0.223. The fourth-order valence-electron chi connectivity index (χ4n) is 3.15. The van der Waals surface area contributed by atoms with E-state index < -0.39 is 21.0 Å². The van der Waals surface area contributed by atoms with Gasteiger partial charge in [-0.1, -0.05) is 54.1 Å². The fourth-order valence-corrected chi connectivity index (χ4v) is 5.05. The van der Waals surface area contributed by atoms with Crippen molar-refractivity contribution < 1.29 is 22.5 Å². The van der Waals surface area contributed by atoms with Gasteiger partial charge in [0.25, 0.3) is 0 Å². The van der Waals surface area contributed by atoms with Crippen molar-refractivity contribution in [3.63, 3.8) is 0 Å². The molecular weight excluding hydrogens is 484 g/mol. The molecule has 0 bridgehead atoms. The highest BCUT2D eigenvalue weighted by Gasteiger charge is 2.17. The summed E-state index contributed by atoms with van der Waals surface area (Å²) in [6.45, 7) is 0.128. The van der Waals surface area contributed by atoms with Gasteiger partial charge >= 0.3 is 0 Å². The lowest BCUT2D eigenvalue weighted by molar-refractivity contribution is 0.281. The van der Waals surface area contributed by atoms with Crippen molar-refractivity contribution in [2.24, 2.45) is 5.14 Å². The zero-order valence-electron chi connectivity index (χ0n) is 17.7. The number of ether oxygens (including phenoxy) is 1. The van der Waals surface area contributed by atoms with Gasteiger partial charge in [-0.2, -0.15) is 0 Å². The SMILES string of the molecule is NS(=O)(=O)c1cc(CO)ccc1NS(=O)CCc1ccc(Cl)cc1OCCc1ccccc1. The van der Waals surface area contributed by atoms with Crippen LogP contribution in [0.1, 0.15) is 16.7 Å². The van der Waals surface area contributed by atoms with Gasteiger partial charge < -0.3 is 14.6 Å². The number of aliphatic hydroxyl groups excluding tert-OH is 1. The Morgan fingerprint density at radius 3 is 2.45 bits per heavy atom. The minimum atomic E-state index is -4.07. The van der Waals surface area contributed by atoms with Crippen LogP contribution in [0.5, 0.6) is 5.75 Å². The molecule has 33 heavy (non-hydrogen) atoms. The van der Waals surface area contributed by atoms with Crippen LogP contribution < -0.4 is 14.6 Å². The van der Waals surface area contributed by atoms with Crippen LogP contribution >= 0.6 is 11.6 Å². The average molecular weight is 509 g/mol. The van der Waals surface area contributed by atoms with Gasteiger partial charge in [-0.15, -0.1) is 0 Å². The third kappa shape index (κ3) is 7.55. The molecule has 1 unspecified atom stereocenters. The summed E-state index contributed by atoms with van der Waals surface area (Å²) in [5.41, 5.74) is 2.49. The normalized spacial score (nSPS) is 12.3. The van der Waals surface area contributed by atoms with E-state index in [0.29, 0.717) is 29.4 Å². The van der Waals surface area contributed by atoms with Crippen molar-refractivity contribution in [1.29, 1.82) is 0 Å². The summed E-state index contributed by atoms with van der Waals surface area (Å²) in [5.74, 6) is 0.815. The van der Waals surface area contributed by atoms with E-state index in [2.05, 4.69) is 4.72 Å². The van der Waals surface area contributed by atoms with Crippen LogP contribution in [-0.4, -0.2) is 30.1 Å². The van der Waals surface area contributed by atoms with Crippen LogP contribution in [0.15, 0.2) is 71.6 Å². The maximum absolute atomic E-state index is 12.6. The lowest BCUT2D eigenvalue weighted by Gasteiger charge is -2.14. The van der Waals surface area contributed by atoms with Crippen LogP contribution in [0.2, 0.25) is 5.02 Å². The van der Waals surface area contributed by atoms with Crippen LogP contribution in [0.25, 0.3) is 0 Å². The summed E-state index contributed by atoms with van der Waals surface area (Å²) < 4.78 is 45.1. The Morgan fingerprint density at radius 1 is 1.00 bits per heavy atom. The number of anilines is 1. The molecule has 0 aliphatic rings. The number of primary sulfonamides is 1. The molecule has 3 aromatic carbocycles. The molecule has 0 fully saturated rings. The Balaban J connectivity index is 1.64. The zero-order chi connectivity index (χ0) is 23.8. The Morgan fingerprint density at radius 2 is 1.76 bits per heavy atom. The average Bonchev–Trinajstić information content (AvgIpc) is 2.79. The minimum Gasteiger partial charge on any atom is -0.493 e. The predicted molar refractivity (Wildman–Crippen MR) is 131 cm³/mol. The molecule has 176 valence electrons. The number of aliphatic hydroxyl groups is 1. The molecule has 4 N–H and O–H groups in total. The predicted octanol–water partition coefficient (Wildman–Crippen LogP) is 3.42. The van der Waals surface area contributed by atoms with E-state index >= 15 is 0 Å². The number of halogens is 1. The molecule has 0 saturated heterocycles. The second-order valence-electron chi connectivity index (χ2n) is 7.27. The van der Waals surface area contributed by atoms with Gasteiger partial charge in [0, 0.05) is 17.2 Å². The largest absolute Gasteiger partial charge is 0.493 e. The van der Waals surface area contributed by atoms with Gasteiger partial charge in [-0.25, -0.2) is 17.8 Å². The third-order valence-electron chi connectivity index (χ3n) is 4.84. The standard InChI is InChI=1S/C23H25ClN2O5S2/c24-20-8-7-19(22(15-20)31-12-10-17-4-2-1-3-5-17)11-13-32(28)26-21-9-6-18(16-27)14-23(21)33(25,29)30/h1-9,14-15,26-27H,10-13,16H2,(H2,25,29,30). The Hall–Kier alpha value is -2.43. The highest BCUT2D eigenvalue weighted by Crippen LogP contribution is 2.26. The number of aryl methyl sites for hydroxylation is 1. The molecule has 0 amide bonds. The Kier molecular flexibility index (Phi) is 8.87. The smallest absolute Gasteiger partial charge is 0.240 e. The summed E-state index contributed by atoms with van der Waals surface area (Å²) in [6.07, 6.45) is 1.15. The fraction of sp³-hybridized carbons (Fsp3) is 0.217. The second kappa shape index (κ2) is 11.6. The third-order valence-corrected chi connectivity index (χ3v) is 7.04. The molecule has 0 aromatic heterocycles. The van der Waals surface area contributed by atoms with E-state index in [-0.39, 0.29) is 22.9 Å². The molecule has 3 rings (SSSR count). The summed E-state index contributed by atoms with van der Waals surface area (Å²) in [7, 11) is -5.66. The highest BCUT2D eigenvalue weighted by atomic mass is 35.5. The number of nitrogens with one attached hydrogen (secondary N) is 1. The van der Waals surface area contributed by atoms with Crippen molar-refractivity contribution in [2.75, 3.05) is 17.1 Å². The van der Waals surface area contributed by atoms with Gasteiger partial charge in [0.2, 0.25) is 10.0 Å². The Labute approximate surface area is 201 Å². The first-order valence-corrected chi connectivity index (χ1v) is 13.4. The summed E-state index contributed by atoms with van der Waals surface area (Å²) >= 11 is 6.13. The molecule has 10 heteroatoms. The number of benzene rings is 3. The first-order valence-electron chi connectivity index (χ1n) is 10.1. The van der Waals surface area contributed by atoms with E-state index in [9.17, 15) is 17.7 Å². The van der Waals surface area contributed by atoms with Crippen molar-refractivity contribution in [1.82, 2.24) is 0 Å². The number of sulfonamides is 1. The molecule has 0 aliphatic heterocycles. The lowest BCUT2D eigenvalue weighted by atomic mass is 10.1. The van der Waals surface area contributed by atoms with Gasteiger partial charge in [-0.05, 0) is 47.4 Å². The molecular formula is C23H25ClN2O5S2. The highest BCUT2D eigenvalue weighted by molar-refractivity contribution is 7.89. The van der Waals surface area contributed by atoms with Crippen LogP contribution in [0.3, 0.4) is 0 Å². The maximum Gasteiger partial charge on any atom is 0.240 e. The van der Waals surface area contributed by atoms with Gasteiger partial charge in [-0.3, -0.25) is 0 Å². The molecule has 0 aliphatic carbocycles. The van der Waals surface area contributed by atoms with Crippen LogP contribution in [0, 0.1) is 0 Å². The van der Waals surface area contributed by atoms with Crippen LogP contribution in [0.4, 0.5) is 5.69 Å². The number of hydrogen-bond donors (Lipinski definition) is 3. The summed E-state index contributed by atoms with van der Waals surface area (Å²) in [5, 5.41) is 15.0. The number of rotatable bonds is 11. The quantitative estimate of drug-likeness (QED) is 0.366. The van der Waals surface area contributed by atoms with Crippen molar-refractivity contribution in [3.8, 4) is 5.75 Å². The monoisotopic (exact) mass is 508 g/mol. The van der Waals surface area contributed by atoms with Crippen molar-refractivity contribution in [3.05, 3.63) is 88.4 Å². The van der Waals surface area contributed by atoms with E-state index in [0.717, 1.165) is 17.5 Å². The van der Waals surface area contributed by atoms with E-state index in [1.54, 1.807) is 12.1 Å². The van der Waals surface area contributed by atoms with E-state index in [4.69, 9.17) is 21.5 Å². The van der Waals surface area contributed by atoms with Gasteiger partial charge in [0.1, 0.15) is 21.6 Å². The van der Waals surface area contributed by atoms with Gasteiger partial charge in [0.05, 0.1) is 18.9 Å². The first-order chi connectivity index (χ1) is 15.8. The van der Waals surface area contributed by atoms with E-state index in [1.165, 1.54) is 18.2 Å². The summed E-state index contributed by atoms with van der Waals surface area (Å²) in [6, 6.07) is 19.5. The molecule has 0 radical (unpaired) electrons. The molecule has 7 nitrogen and oxygen atoms in total. The molecule has 0 heterocycles. The number of hydrogen-bond acceptors (Lipinski definition) is 5. The molecule has 0 spiro atoms. The van der Waals surface area contributed by atoms with Gasteiger partial charge in [0.15, 0.2) is 0 Å². The Bertz CT molecular complexity index is 1220. The maximum atomic E-state index is 12.6. The number of nitrogens with two attached hydrogens (primary N) is 1. The first kappa shape index (κ1) is 25.2. The zero-order valence-corrected chi connectivity index (χ0v) is 20.1.